The molecule has 1 rings (SSSR count). The number of nitrogens with zero attached hydrogens (tertiary/aromatic N) is 2. The Morgan fingerprint density at radius 1 is 1.00 bits per heavy atom. The summed E-state index contributed by atoms with van der Waals surface area (Å²) in [5.41, 5.74) is 0.0854. The van der Waals surface area contributed by atoms with Crippen molar-refractivity contribution < 1.29 is 4.74 Å². The highest BCUT2D eigenvalue weighted by Gasteiger charge is 2.27. The van der Waals surface area contributed by atoms with E-state index in [0.29, 0.717) is 12.5 Å². The highest BCUT2D eigenvalue weighted by Crippen LogP contribution is 2.30. The topological polar surface area (TPSA) is 47.0 Å². The summed E-state index contributed by atoms with van der Waals surface area (Å²) in [6.45, 7) is 20.1. The molecule has 0 atom stereocenters. The van der Waals surface area contributed by atoms with Gasteiger partial charge in [0, 0.05) is 17.0 Å². The first-order valence-corrected chi connectivity index (χ1v) is 8.13. The van der Waals surface area contributed by atoms with Crippen LogP contribution in [0.5, 0.6) is 5.88 Å². The minimum Gasteiger partial charge on any atom is -0.478 e. The predicted molar refractivity (Wildman–Crippen MR) is 93.7 cm³/mol. The van der Waals surface area contributed by atoms with Gasteiger partial charge in [-0.3, -0.25) is 0 Å². The van der Waals surface area contributed by atoms with Gasteiger partial charge in [-0.15, -0.1) is 0 Å². The highest BCUT2D eigenvalue weighted by molar-refractivity contribution is 5.41. The summed E-state index contributed by atoms with van der Waals surface area (Å²) in [5, 5.41) is 3.55. The SMILES string of the molecule is CCOc1cc(NC(C)(C)CC(C)(C)C)nc(C(C)(C)C)n1. The molecule has 1 aromatic rings. The van der Waals surface area contributed by atoms with Crippen molar-refractivity contribution in [2.75, 3.05) is 11.9 Å². The molecule has 0 spiro atoms. The molecule has 0 amide bonds. The van der Waals surface area contributed by atoms with Crippen molar-refractivity contribution in [2.45, 2.75) is 79.7 Å². The van der Waals surface area contributed by atoms with Gasteiger partial charge in [-0.25, -0.2) is 4.98 Å². The lowest BCUT2D eigenvalue weighted by Crippen LogP contribution is -2.36. The second kappa shape index (κ2) is 6.43. The lowest BCUT2D eigenvalue weighted by molar-refractivity contribution is 0.301. The Balaban J connectivity index is 3.10. The lowest BCUT2D eigenvalue weighted by Gasteiger charge is -2.34. The number of ether oxygens (including phenoxy) is 1. The summed E-state index contributed by atoms with van der Waals surface area (Å²) in [7, 11) is 0. The van der Waals surface area contributed by atoms with Gasteiger partial charge in [0.05, 0.1) is 6.61 Å². The second-order valence-corrected chi connectivity index (χ2v) is 8.84. The van der Waals surface area contributed by atoms with Crippen LogP contribution >= 0.6 is 0 Å². The Hall–Kier alpha value is -1.32. The van der Waals surface area contributed by atoms with Crippen molar-refractivity contribution in [3.05, 3.63) is 11.9 Å². The van der Waals surface area contributed by atoms with Gasteiger partial charge >= 0.3 is 0 Å². The van der Waals surface area contributed by atoms with Crippen molar-refractivity contribution in [2.24, 2.45) is 5.41 Å². The van der Waals surface area contributed by atoms with E-state index in [1.807, 2.05) is 13.0 Å². The molecule has 0 aliphatic rings. The van der Waals surface area contributed by atoms with E-state index >= 15 is 0 Å². The maximum atomic E-state index is 5.61. The molecule has 1 N–H and O–H groups in total. The normalized spacial score (nSPS) is 13.1. The zero-order valence-electron chi connectivity index (χ0n) is 15.8. The molecule has 0 aromatic carbocycles. The van der Waals surface area contributed by atoms with Gasteiger partial charge < -0.3 is 10.1 Å². The van der Waals surface area contributed by atoms with Crippen LogP contribution in [-0.2, 0) is 5.41 Å². The van der Waals surface area contributed by atoms with E-state index in [1.165, 1.54) is 0 Å². The Bertz CT molecular complexity index is 496. The van der Waals surface area contributed by atoms with E-state index in [1.54, 1.807) is 0 Å². The highest BCUT2D eigenvalue weighted by atomic mass is 16.5. The van der Waals surface area contributed by atoms with Crippen LogP contribution in [0.3, 0.4) is 0 Å². The number of rotatable bonds is 5. The van der Waals surface area contributed by atoms with Crippen LogP contribution in [0.25, 0.3) is 0 Å². The molecule has 0 saturated carbocycles. The van der Waals surface area contributed by atoms with Gasteiger partial charge in [0.25, 0.3) is 0 Å². The molecule has 0 aliphatic heterocycles. The van der Waals surface area contributed by atoms with Crippen LogP contribution in [-0.4, -0.2) is 22.1 Å². The molecule has 0 radical (unpaired) electrons. The standard InChI is InChI=1S/C18H33N3O/c1-10-22-14-11-13(19-15(20-14)17(5,6)7)21-18(8,9)12-16(2,3)4/h11H,10,12H2,1-9H3,(H,19,20,21). The average molecular weight is 307 g/mol. The van der Waals surface area contributed by atoms with Crippen molar-refractivity contribution in [3.63, 3.8) is 0 Å². The first-order valence-electron chi connectivity index (χ1n) is 8.13. The van der Waals surface area contributed by atoms with Crippen molar-refractivity contribution in [1.29, 1.82) is 0 Å². The van der Waals surface area contributed by atoms with E-state index in [0.717, 1.165) is 18.1 Å². The Labute approximate surface area is 136 Å². The Morgan fingerprint density at radius 3 is 2.05 bits per heavy atom. The maximum Gasteiger partial charge on any atom is 0.218 e. The zero-order chi connectivity index (χ0) is 17.2. The summed E-state index contributed by atoms with van der Waals surface area (Å²) in [6, 6.07) is 1.89. The number of hydrogen-bond acceptors (Lipinski definition) is 4. The molecule has 0 bridgehead atoms. The molecule has 4 heteroatoms. The average Bonchev–Trinajstić information content (AvgIpc) is 2.23. The molecule has 0 saturated heterocycles. The molecule has 0 unspecified atom stereocenters. The van der Waals surface area contributed by atoms with Gasteiger partial charge in [-0.05, 0) is 32.6 Å². The van der Waals surface area contributed by atoms with Crippen molar-refractivity contribution in [3.8, 4) is 5.88 Å². The number of anilines is 1. The summed E-state index contributed by atoms with van der Waals surface area (Å²) < 4.78 is 5.61. The molecule has 0 aliphatic carbocycles. The fourth-order valence-corrected chi connectivity index (χ4v) is 2.76. The quantitative estimate of drug-likeness (QED) is 0.849. The minimum atomic E-state index is -0.113. The van der Waals surface area contributed by atoms with Crippen LogP contribution in [0.2, 0.25) is 0 Å². The summed E-state index contributed by atoms with van der Waals surface area (Å²) in [5.74, 6) is 2.27. The van der Waals surface area contributed by atoms with Crippen LogP contribution in [0.4, 0.5) is 5.82 Å². The number of hydrogen-bond donors (Lipinski definition) is 1. The Kier molecular flexibility index (Phi) is 5.47. The summed E-state index contributed by atoms with van der Waals surface area (Å²) in [4.78, 5) is 9.23. The van der Waals surface area contributed by atoms with Crippen LogP contribution in [0.1, 0.15) is 74.6 Å². The van der Waals surface area contributed by atoms with E-state index in [4.69, 9.17) is 9.72 Å². The van der Waals surface area contributed by atoms with Crippen molar-refractivity contribution in [1.82, 2.24) is 9.97 Å². The van der Waals surface area contributed by atoms with Crippen LogP contribution in [0, 0.1) is 5.41 Å². The van der Waals surface area contributed by atoms with Gasteiger partial charge in [0.15, 0.2) is 0 Å². The van der Waals surface area contributed by atoms with Gasteiger partial charge in [-0.1, -0.05) is 41.5 Å². The molecule has 126 valence electrons. The molecule has 0 fully saturated rings. The fourth-order valence-electron chi connectivity index (χ4n) is 2.76. The first-order chi connectivity index (χ1) is 9.82. The minimum absolute atomic E-state index is 0.0504. The second-order valence-electron chi connectivity index (χ2n) is 8.84. The molecule has 22 heavy (non-hydrogen) atoms. The third-order valence-corrected chi connectivity index (χ3v) is 3.10. The van der Waals surface area contributed by atoms with Gasteiger partial charge in [-0.2, -0.15) is 4.98 Å². The first kappa shape index (κ1) is 18.7. The summed E-state index contributed by atoms with van der Waals surface area (Å²) in [6.07, 6.45) is 1.04. The van der Waals surface area contributed by atoms with Crippen LogP contribution in [0.15, 0.2) is 6.07 Å². The van der Waals surface area contributed by atoms with E-state index in [2.05, 4.69) is 65.7 Å². The van der Waals surface area contributed by atoms with Crippen LogP contribution < -0.4 is 10.1 Å². The lowest BCUT2D eigenvalue weighted by atomic mass is 9.82. The molecule has 1 aromatic heterocycles. The van der Waals surface area contributed by atoms with E-state index in [-0.39, 0.29) is 16.4 Å². The van der Waals surface area contributed by atoms with E-state index in [9.17, 15) is 0 Å². The number of aromatic nitrogens is 2. The summed E-state index contributed by atoms with van der Waals surface area (Å²) >= 11 is 0. The number of nitrogens with one attached hydrogen (secondary N) is 1. The molecular weight excluding hydrogens is 274 g/mol. The van der Waals surface area contributed by atoms with Crippen molar-refractivity contribution >= 4 is 5.82 Å². The third-order valence-electron chi connectivity index (χ3n) is 3.10. The third kappa shape index (κ3) is 6.20. The molecule has 4 nitrogen and oxygen atoms in total. The Morgan fingerprint density at radius 2 is 1.59 bits per heavy atom. The zero-order valence-corrected chi connectivity index (χ0v) is 15.8. The largest absolute Gasteiger partial charge is 0.478 e. The monoisotopic (exact) mass is 307 g/mol. The fraction of sp³-hybridized carbons (Fsp3) is 0.778. The van der Waals surface area contributed by atoms with E-state index < -0.39 is 0 Å². The van der Waals surface area contributed by atoms with Gasteiger partial charge in [0.2, 0.25) is 5.88 Å². The molecular formula is C18H33N3O. The van der Waals surface area contributed by atoms with Gasteiger partial charge in [0.1, 0.15) is 11.6 Å². The predicted octanol–water partition coefficient (Wildman–Crippen LogP) is 4.80. The molecule has 1 heterocycles. The smallest absolute Gasteiger partial charge is 0.218 e. The maximum absolute atomic E-state index is 5.61.